The van der Waals surface area contributed by atoms with Crippen molar-refractivity contribution < 1.29 is 4.79 Å². The summed E-state index contributed by atoms with van der Waals surface area (Å²) >= 11 is 0. The Hall–Kier alpha value is -1.49. The maximum Gasteiger partial charge on any atom is 0.270 e. The van der Waals surface area contributed by atoms with E-state index in [0.717, 1.165) is 5.69 Å². The molecule has 0 saturated carbocycles. The highest BCUT2D eigenvalue weighted by molar-refractivity contribution is 5.92. The Kier molecular flexibility index (Phi) is 3.74. The smallest absolute Gasteiger partial charge is 0.270 e. The monoisotopic (exact) mass is 208 g/mol. The topological polar surface area (TPSA) is 80.9 Å². The van der Waals surface area contributed by atoms with Crippen molar-refractivity contribution in [3.63, 3.8) is 0 Å². The van der Waals surface area contributed by atoms with Crippen molar-refractivity contribution in [3.8, 4) is 0 Å². The average molecular weight is 208 g/mol. The number of carbonyl (C=O) groups excluding carboxylic acids is 1. The third-order valence-electron chi connectivity index (χ3n) is 1.78. The lowest BCUT2D eigenvalue weighted by atomic mass is 10.3. The second-order valence-electron chi connectivity index (χ2n) is 3.63. The number of aromatic nitrogens is 2. The molecule has 5 heteroatoms. The molecule has 0 radical (unpaired) electrons. The second-order valence-corrected chi connectivity index (χ2v) is 3.63. The van der Waals surface area contributed by atoms with Crippen LogP contribution in [0, 0.1) is 13.8 Å². The molecule has 15 heavy (non-hydrogen) atoms. The minimum atomic E-state index is -0.207. The fourth-order valence-corrected chi connectivity index (χ4v) is 1.18. The zero-order chi connectivity index (χ0) is 11.4. The van der Waals surface area contributed by atoms with Gasteiger partial charge in [-0.15, -0.1) is 0 Å². The molecule has 5 nitrogen and oxygen atoms in total. The van der Waals surface area contributed by atoms with Gasteiger partial charge in [-0.05, 0) is 26.8 Å². The van der Waals surface area contributed by atoms with Crippen LogP contribution >= 0.6 is 0 Å². The highest BCUT2D eigenvalue weighted by atomic mass is 16.1. The van der Waals surface area contributed by atoms with Crippen LogP contribution in [-0.2, 0) is 0 Å². The van der Waals surface area contributed by atoms with Crippen molar-refractivity contribution >= 4 is 5.91 Å². The van der Waals surface area contributed by atoms with Crippen LogP contribution in [0.1, 0.15) is 28.9 Å². The van der Waals surface area contributed by atoms with E-state index in [-0.39, 0.29) is 11.9 Å². The first-order valence-corrected chi connectivity index (χ1v) is 4.85. The molecule has 1 aromatic rings. The Morgan fingerprint density at radius 3 is 2.73 bits per heavy atom. The van der Waals surface area contributed by atoms with Crippen molar-refractivity contribution in [3.05, 3.63) is 23.3 Å². The van der Waals surface area contributed by atoms with E-state index in [9.17, 15) is 4.79 Å². The zero-order valence-corrected chi connectivity index (χ0v) is 9.24. The summed E-state index contributed by atoms with van der Waals surface area (Å²) in [4.78, 5) is 19.7. The molecule has 0 aromatic carbocycles. The number of carbonyl (C=O) groups is 1. The number of rotatable bonds is 3. The summed E-state index contributed by atoms with van der Waals surface area (Å²) in [5.41, 5.74) is 6.71. The summed E-state index contributed by atoms with van der Waals surface area (Å²) in [7, 11) is 0. The highest BCUT2D eigenvalue weighted by Gasteiger charge is 2.08. The molecular weight excluding hydrogens is 192 g/mol. The molecule has 0 aliphatic rings. The molecule has 1 unspecified atom stereocenters. The normalized spacial score (nSPS) is 12.3. The third-order valence-corrected chi connectivity index (χ3v) is 1.78. The van der Waals surface area contributed by atoms with Crippen LogP contribution in [-0.4, -0.2) is 28.5 Å². The molecule has 0 fully saturated rings. The van der Waals surface area contributed by atoms with Crippen molar-refractivity contribution in [2.75, 3.05) is 6.54 Å². The lowest BCUT2D eigenvalue weighted by molar-refractivity contribution is 0.0946. The fraction of sp³-hybridized carbons (Fsp3) is 0.500. The number of hydrogen-bond donors (Lipinski definition) is 2. The molecule has 1 atom stereocenters. The average Bonchev–Trinajstić information content (AvgIpc) is 2.12. The van der Waals surface area contributed by atoms with Gasteiger partial charge in [0.2, 0.25) is 0 Å². The summed E-state index contributed by atoms with van der Waals surface area (Å²) in [6.07, 6.45) is 0. The third kappa shape index (κ3) is 3.63. The van der Waals surface area contributed by atoms with Gasteiger partial charge < -0.3 is 11.1 Å². The summed E-state index contributed by atoms with van der Waals surface area (Å²) in [6, 6.07) is 1.60. The van der Waals surface area contributed by atoms with Crippen molar-refractivity contribution in [1.82, 2.24) is 15.3 Å². The van der Waals surface area contributed by atoms with E-state index < -0.39 is 0 Å². The minimum Gasteiger partial charge on any atom is -0.349 e. The molecule has 0 aliphatic heterocycles. The van der Waals surface area contributed by atoms with Crippen LogP contribution in [0.25, 0.3) is 0 Å². The van der Waals surface area contributed by atoms with Crippen molar-refractivity contribution in [2.24, 2.45) is 5.73 Å². The molecule has 1 rings (SSSR count). The predicted molar refractivity (Wildman–Crippen MR) is 57.5 cm³/mol. The van der Waals surface area contributed by atoms with Crippen LogP contribution in [0.4, 0.5) is 0 Å². The van der Waals surface area contributed by atoms with Gasteiger partial charge in [0, 0.05) is 18.3 Å². The minimum absolute atomic E-state index is 0.0574. The standard InChI is InChI=1S/C10H16N4O/c1-6(11)5-12-10(15)9-4-7(2)13-8(3)14-9/h4,6H,5,11H2,1-3H3,(H,12,15). The summed E-state index contributed by atoms with van der Waals surface area (Å²) in [5.74, 6) is 0.391. The van der Waals surface area contributed by atoms with E-state index in [1.807, 2.05) is 13.8 Å². The largest absolute Gasteiger partial charge is 0.349 e. The lowest BCUT2D eigenvalue weighted by Gasteiger charge is -2.07. The zero-order valence-electron chi connectivity index (χ0n) is 9.24. The van der Waals surface area contributed by atoms with Crippen LogP contribution in [0.15, 0.2) is 6.07 Å². The van der Waals surface area contributed by atoms with Crippen LogP contribution < -0.4 is 11.1 Å². The van der Waals surface area contributed by atoms with Crippen molar-refractivity contribution in [1.29, 1.82) is 0 Å². The molecular formula is C10H16N4O. The molecule has 1 aromatic heterocycles. The van der Waals surface area contributed by atoms with Gasteiger partial charge in [0.05, 0.1) is 0 Å². The van der Waals surface area contributed by atoms with Gasteiger partial charge in [0.25, 0.3) is 5.91 Å². The number of amides is 1. The van der Waals surface area contributed by atoms with Crippen LogP contribution in [0.2, 0.25) is 0 Å². The van der Waals surface area contributed by atoms with Crippen LogP contribution in [0.3, 0.4) is 0 Å². The number of nitrogens with one attached hydrogen (secondary N) is 1. The Morgan fingerprint density at radius 2 is 2.20 bits per heavy atom. The molecule has 1 heterocycles. The number of hydrogen-bond acceptors (Lipinski definition) is 4. The van der Waals surface area contributed by atoms with Gasteiger partial charge >= 0.3 is 0 Å². The van der Waals surface area contributed by atoms with Gasteiger partial charge in [0.1, 0.15) is 11.5 Å². The number of nitrogens with two attached hydrogens (primary N) is 1. The van der Waals surface area contributed by atoms with E-state index in [2.05, 4.69) is 15.3 Å². The van der Waals surface area contributed by atoms with Gasteiger partial charge in [-0.25, -0.2) is 9.97 Å². The van der Waals surface area contributed by atoms with E-state index >= 15 is 0 Å². The fourth-order valence-electron chi connectivity index (χ4n) is 1.18. The van der Waals surface area contributed by atoms with E-state index in [1.165, 1.54) is 0 Å². The predicted octanol–water partition coefficient (Wildman–Crippen LogP) is 0.170. The van der Waals surface area contributed by atoms with E-state index in [0.29, 0.717) is 18.1 Å². The summed E-state index contributed by atoms with van der Waals surface area (Å²) in [5, 5.41) is 2.70. The van der Waals surface area contributed by atoms with Gasteiger partial charge in [0.15, 0.2) is 0 Å². The Morgan fingerprint density at radius 1 is 1.53 bits per heavy atom. The first-order chi connectivity index (χ1) is 6.99. The molecule has 0 aliphatic carbocycles. The van der Waals surface area contributed by atoms with E-state index in [1.54, 1.807) is 13.0 Å². The number of nitrogens with zero attached hydrogens (tertiary/aromatic N) is 2. The highest BCUT2D eigenvalue weighted by Crippen LogP contribution is 1.99. The maximum absolute atomic E-state index is 11.6. The van der Waals surface area contributed by atoms with Gasteiger partial charge in [-0.1, -0.05) is 0 Å². The molecule has 3 N–H and O–H groups in total. The van der Waals surface area contributed by atoms with Crippen LogP contribution in [0.5, 0.6) is 0 Å². The van der Waals surface area contributed by atoms with Gasteiger partial charge in [-0.3, -0.25) is 4.79 Å². The molecule has 82 valence electrons. The molecule has 1 amide bonds. The van der Waals surface area contributed by atoms with Gasteiger partial charge in [-0.2, -0.15) is 0 Å². The lowest BCUT2D eigenvalue weighted by Crippen LogP contribution is -2.35. The number of aryl methyl sites for hydroxylation is 2. The summed E-state index contributed by atoms with van der Waals surface area (Å²) < 4.78 is 0. The molecule has 0 spiro atoms. The molecule has 0 bridgehead atoms. The Bertz CT molecular complexity index is 342. The van der Waals surface area contributed by atoms with E-state index in [4.69, 9.17) is 5.73 Å². The second kappa shape index (κ2) is 4.84. The summed E-state index contributed by atoms with van der Waals surface area (Å²) in [6.45, 7) is 5.87. The Labute approximate surface area is 89.1 Å². The first kappa shape index (κ1) is 11.6. The maximum atomic E-state index is 11.6. The Balaban J connectivity index is 2.73. The quantitative estimate of drug-likeness (QED) is 0.742. The SMILES string of the molecule is Cc1cc(C(=O)NCC(C)N)nc(C)n1. The first-order valence-electron chi connectivity index (χ1n) is 4.85. The molecule has 0 saturated heterocycles. The van der Waals surface area contributed by atoms with Crippen molar-refractivity contribution in [2.45, 2.75) is 26.8 Å².